The molecule has 1 N–H and O–H groups in total. The van der Waals surface area contributed by atoms with E-state index in [4.69, 9.17) is 14.2 Å². The molecule has 13 heteroatoms. The van der Waals surface area contributed by atoms with E-state index in [-0.39, 0.29) is 18.7 Å². The number of rotatable bonds is 7. The lowest BCUT2D eigenvalue weighted by Gasteiger charge is -2.34. The van der Waals surface area contributed by atoms with Crippen molar-refractivity contribution in [1.82, 2.24) is 20.2 Å². The highest BCUT2D eigenvalue weighted by Gasteiger charge is 2.32. The molecule has 1 aromatic carbocycles. The largest absolute Gasteiger partial charge is 0.491 e. The van der Waals surface area contributed by atoms with E-state index in [0.29, 0.717) is 35.0 Å². The summed E-state index contributed by atoms with van der Waals surface area (Å²) in [6.07, 6.45) is -2.56. The molecule has 3 aromatic rings. The number of morpholine rings is 1. The van der Waals surface area contributed by atoms with Crippen LogP contribution in [-0.2, 0) is 15.7 Å². The minimum absolute atomic E-state index is 0.119. The van der Waals surface area contributed by atoms with Crippen LogP contribution in [0.1, 0.15) is 60.2 Å². The van der Waals surface area contributed by atoms with Gasteiger partial charge in [0, 0.05) is 34.9 Å². The van der Waals surface area contributed by atoms with Crippen LogP contribution >= 0.6 is 11.3 Å². The Morgan fingerprint density at radius 3 is 2.55 bits per heavy atom. The third-order valence-electron chi connectivity index (χ3n) is 6.19. The van der Waals surface area contributed by atoms with Crippen LogP contribution in [0, 0.1) is 6.92 Å². The molecule has 2 atom stereocenters. The average Bonchev–Trinajstić information content (AvgIpc) is 3.37. The van der Waals surface area contributed by atoms with E-state index in [1.165, 1.54) is 17.4 Å². The molecular formula is C29H33F3N4O5S. The molecular weight excluding hydrogens is 573 g/mol. The number of benzene rings is 1. The number of aromatic nitrogens is 2. The minimum Gasteiger partial charge on any atom is -0.491 e. The summed E-state index contributed by atoms with van der Waals surface area (Å²) >= 11 is 1.46. The smallest absolute Gasteiger partial charge is 0.433 e. The quantitative estimate of drug-likeness (QED) is 0.350. The number of alkyl halides is 3. The minimum atomic E-state index is -4.55. The van der Waals surface area contributed by atoms with Gasteiger partial charge in [-0.2, -0.15) is 13.2 Å². The van der Waals surface area contributed by atoms with Crippen LogP contribution in [0.25, 0.3) is 10.6 Å². The molecule has 1 aliphatic heterocycles. The highest BCUT2D eigenvalue weighted by atomic mass is 32.1. The number of hydrogen-bond donors (Lipinski definition) is 1. The molecule has 4 rings (SSSR count). The number of aryl methyl sites for hydroxylation is 1. The second kappa shape index (κ2) is 12.7. The first-order chi connectivity index (χ1) is 19.7. The summed E-state index contributed by atoms with van der Waals surface area (Å²) in [5.41, 5.74) is -0.257. The first-order valence-electron chi connectivity index (χ1n) is 13.3. The number of carbonyl (C=O) groups excluding carboxylic acids is 2. The lowest BCUT2D eigenvalue weighted by molar-refractivity contribution is -0.141. The fraction of sp³-hybridized carbons (Fsp3) is 0.448. The van der Waals surface area contributed by atoms with Gasteiger partial charge in [-0.15, -0.1) is 11.3 Å². The molecule has 0 bridgehead atoms. The fourth-order valence-electron chi connectivity index (χ4n) is 4.12. The van der Waals surface area contributed by atoms with E-state index < -0.39 is 41.6 Å². The van der Waals surface area contributed by atoms with Crippen LogP contribution in [-0.4, -0.2) is 64.9 Å². The summed E-state index contributed by atoms with van der Waals surface area (Å²) in [5, 5.41) is 3.50. The van der Waals surface area contributed by atoms with E-state index in [1.54, 1.807) is 57.0 Å². The van der Waals surface area contributed by atoms with Crippen LogP contribution in [0.4, 0.5) is 18.0 Å². The lowest BCUT2D eigenvalue weighted by atomic mass is 10.1. The van der Waals surface area contributed by atoms with Gasteiger partial charge in [-0.25, -0.2) is 9.78 Å². The third-order valence-corrected chi connectivity index (χ3v) is 7.15. The van der Waals surface area contributed by atoms with E-state index in [2.05, 4.69) is 15.3 Å². The van der Waals surface area contributed by atoms with Crippen molar-refractivity contribution in [3.8, 4) is 16.3 Å². The molecule has 42 heavy (non-hydrogen) atoms. The van der Waals surface area contributed by atoms with Gasteiger partial charge in [0.2, 0.25) is 0 Å². The third kappa shape index (κ3) is 8.41. The highest BCUT2D eigenvalue weighted by Crippen LogP contribution is 2.31. The number of ether oxygens (including phenoxy) is 3. The molecule has 1 aliphatic rings. The number of thiazole rings is 1. The molecule has 0 unspecified atom stereocenters. The number of pyridine rings is 1. The molecule has 0 radical (unpaired) electrons. The van der Waals surface area contributed by atoms with Gasteiger partial charge >= 0.3 is 12.3 Å². The molecule has 0 spiro atoms. The molecule has 9 nitrogen and oxygen atoms in total. The van der Waals surface area contributed by atoms with Crippen molar-refractivity contribution in [1.29, 1.82) is 0 Å². The molecule has 226 valence electrons. The summed E-state index contributed by atoms with van der Waals surface area (Å²) in [5.74, 6) is -0.0558. The molecule has 3 heterocycles. The zero-order chi connectivity index (χ0) is 30.7. The Morgan fingerprint density at radius 2 is 1.93 bits per heavy atom. The number of nitrogens with one attached hydrogen (secondary N) is 1. The van der Waals surface area contributed by atoms with E-state index in [1.807, 2.05) is 6.92 Å². The van der Waals surface area contributed by atoms with Gasteiger partial charge in [0.15, 0.2) is 0 Å². The Labute approximate surface area is 246 Å². The van der Waals surface area contributed by atoms with Crippen LogP contribution in [0.2, 0.25) is 0 Å². The predicted molar refractivity (Wildman–Crippen MR) is 150 cm³/mol. The number of halogens is 3. The second-order valence-corrected chi connectivity index (χ2v) is 12.2. The zero-order valence-electron chi connectivity index (χ0n) is 23.9. The summed E-state index contributed by atoms with van der Waals surface area (Å²) in [6.45, 7) is 10.1. The molecule has 0 aliphatic carbocycles. The van der Waals surface area contributed by atoms with E-state index in [9.17, 15) is 22.8 Å². The second-order valence-electron chi connectivity index (χ2n) is 10.9. The highest BCUT2D eigenvalue weighted by molar-refractivity contribution is 7.14. The molecule has 1 fully saturated rings. The van der Waals surface area contributed by atoms with Crippen LogP contribution in [0.5, 0.6) is 5.75 Å². The Hall–Kier alpha value is -3.71. The van der Waals surface area contributed by atoms with Gasteiger partial charge < -0.3 is 24.4 Å². The number of nitrogens with zero attached hydrogens (tertiary/aromatic N) is 3. The Morgan fingerprint density at radius 1 is 1.17 bits per heavy atom. The van der Waals surface area contributed by atoms with Gasteiger partial charge in [0.25, 0.3) is 5.91 Å². The summed E-state index contributed by atoms with van der Waals surface area (Å²) in [4.78, 5) is 36.2. The van der Waals surface area contributed by atoms with Gasteiger partial charge in [-0.3, -0.25) is 9.78 Å². The van der Waals surface area contributed by atoms with Crippen LogP contribution in [0.3, 0.4) is 0 Å². The van der Waals surface area contributed by atoms with Crippen molar-refractivity contribution in [2.75, 3.05) is 26.3 Å². The van der Waals surface area contributed by atoms with Gasteiger partial charge in [0.05, 0.1) is 19.2 Å². The van der Waals surface area contributed by atoms with Crippen molar-refractivity contribution >= 4 is 23.3 Å². The van der Waals surface area contributed by atoms with Crippen molar-refractivity contribution in [2.45, 2.75) is 58.5 Å². The Bertz CT molecular complexity index is 1410. The molecule has 0 saturated carbocycles. The molecule has 2 aromatic heterocycles. The maximum Gasteiger partial charge on any atom is 0.433 e. The summed E-state index contributed by atoms with van der Waals surface area (Å²) in [6, 6.07) is 6.58. The average molecular weight is 607 g/mol. The SMILES string of the molecule is Cc1cnc(-c2cc(OC[C@@H]3CN(C(=O)OC(C)(C)C)CCO3)cc(C(=O)N[C@H](C)c3ccc(C(F)(F)F)nc3)c2)s1. The first kappa shape index (κ1) is 31.2. The van der Waals surface area contributed by atoms with Crippen molar-refractivity contribution in [3.63, 3.8) is 0 Å². The normalized spacial score (nSPS) is 16.6. The predicted octanol–water partition coefficient (Wildman–Crippen LogP) is 6.04. The maximum absolute atomic E-state index is 13.3. The van der Waals surface area contributed by atoms with Gasteiger partial charge in [0.1, 0.15) is 34.8 Å². The fourth-order valence-corrected chi connectivity index (χ4v) is 4.87. The maximum atomic E-state index is 13.3. The van der Waals surface area contributed by atoms with Crippen molar-refractivity contribution in [3.05, 3.63) is 64.4 Å². The van der Waals surface area contributed by atoms with Crippen molar-refractivity contribution < 1.29 is 37.0 Å². The lowest BCUT2D eigenvalue weighted by Crippen LogP contribution is -2.49. The van der Waals surface area contributed by atoms with Gasteiger partial charge in [-0.05, 0) is 64.4 Å². The molecule has 1 saturated heterocycles. The zero-order valence-corrected chi connectivity index (χ0v) is 24.8. The Kier molecular flexibility index (Phi) is 9.41. The van der Waals surface area contributed by atoms with Crippen LogP contribution in [0.15, 0.2) is 42.7 Å². The molecule has 2 amide bonds. The van der Waals surface area contributed by atoms with E-state index >= 15 is 0 Å². The monoisotopic (exact) mass is 606 g/mol. The number of amides is 2. The standard InChI is InChI=1S/C29H33F3N4O5S/c1-17-13-34-26(42-17)21-10-20(25(37)35-18(2)19-6-7-24(33-14-19)29(30,31)32)11-22(12-21)40-16-23-15-36(8-9-39-23)27(38)41-28(3,4)5/h6-7,10-14,18,23H,8-9,15-16H2,1-5H3,(H,35,37)/t18-,23+/m1/s1. The topological polar surface area (TPSA) is 103 Å². The summed E-state index contributed by atoms with van der Waals surface area (Å²) in [7, 11) is 0. The Balaban J connectivity index is 1.48. The van der Waals surface area contributed by atoms with Crippen molar-refractivity contribution in [2.24, 2.45) is 0 Å². The summed E-state index contributed by atoms with van der Waals surface area (Å²) < 4.78 is 56.0. The first-order valence-corrected chi connectivity index (χ1v) is 14.1. The van der Waals surface area contributed by atoms with Crippen LogP contribution < -0.4 is 10.1 Å². The van der Waals surface area contributed by atoms with Gasteiger partial charge in [-0.1, -0.05) is 6.07 Å². The van der Waals surface area contributed by atoms with E-state index in [0.717, 1.165) is 17.1 Å². The number of carbonyl (C=O) groups is 2. The number of hydrogen-bond acceptors (Lipinski definition) is 8.